The maximum absolute atomic E-state index is 12.4. The van der Waals surface area contributed by atoms with Crippen molar-refractivity contribution < 1.29 is 14.3 Å². The minimum Gasteiger partial charge on any atom is -0.444 e. The molecule has 2 aromatic rings. The van der Waals surface area contributed by atoms with Crippen LogP contribution in [0.25, 0.3) is 6.08 Å². The Morgan fingerprint density at radius 2 is 1.67 bits per heavy atom. The summed E-state index contributed by atoms with van der Waals surface area (Å²) in [4.78, 5) is 24.8. The van der Waals surface area contributed by atoms with E-state index >= 15 is 0 Å². The van der Waals surface area contributed by atoms with Crippen molar-refractivity contribution >= 4 is 18.0 Å². The molecule has 0 aliphatic heterocycles. The third-order valence-electron chi connectivity index (χ3n) is 3.38. The molecule has 0 saturated carbocycles. The van der Waals surface area contributed by atoms with E-state index in [1.165, 1.54) is 0 Å². The van der Waals surface area contributed by atoms with Crippen molar-refractivity contribution in [1.82, 2.24) is 5.32 Å². The van der Waals surface area contributed by atoms with Crippen LogP contribution in [0.2, 0.25) is 0 Å². The molecule has 0 spiro atoms. The monoisotopic (exact) mass is 323 g/mol. The summed E-state index contributed by atoms with van der Waals surface area (Å²) < 4.78 is 5.48. The van der Waals surface area contributed by atoms with Gasteiger partial charge in [-0.15, -0.1) is 0 Å². The van der Waals surface area contributed by atoms with Crippen LogP contribution in [0.4, 0.5) is 0 Å². The maximum Gasteiger partial charge on any atom is 0.339 e. The van der Waals surface area contributed by atoms with Gasteiger partial charge in [0.25, 0.3) is 5.91 Å². The lowest BCUT2D eigenvalue weighted by molar-refractivity contribution is -0.130. The summed E-state index contributed by atoms with van der Waals surface area (Å²) in [5.41, 5.74) is 1.93. The third kappa shape index (κ3) is 4.56. The first-order chi connectivity index (χ1) is 11.5. The van der Waals surface area contributed by atoms with Gasteiger partial charge in [0.2, 0.25) is 6.10 Å². The molecule has 0 fully saturated rings. The van der Waals surface area contributed by atoms with Gasteiger partial charge in [0.15, 0.2) is 0 Å². The van der Waals surface area contributed by atoms with Crippen LogP contribution in [0.15, 0.2) is 61.2 Å². The molecular formula is C20H21NO3. The van der Waals surface area contributed by atoms with Crippen LogP contribution < -0.4 is 5.32 Å². The minimum absolute atomic E-state index is 0.0470. The topological polar surface area (TPSA) is 55.4 Å². The number of hydrogen-bond acceptors (Lipinski definition) is 3. The van der Waals surface area contributed by atoms with E-state index in [1.807, 2.05) is 19.9 Å². The summed E-state index contributed by atoms with van der Waals surface area (Å²) >= 11 is 0. The normalized spacial score (nSPS) is 11.6. The molecule has 1 N–H and O–H groups in total. The van der Waals surface area contributed by atoms with E-state index in [1.54, 1.807) is 54.6 Å². The van der Waals surface area contributed by atoms with Crippen LogP contribution in [0.1, 0.15) is 41.4 Å². The molecule has 0 bridgehead atoms. The van der Waals surface area contributed by atoms with Gasteiger partial charge in [-0.1, -0.05) is 55.1 Å². The molecule has 0 aromatic heterocycles. The summed E-state index contributed by atoms with van der Waals surface area (Å²) in [6, 6.07) is 15.8. The van der Waals surface area contributed by atoms with E-state index in [4.69, 9.17) is 4.74 Å². The number of carbonyl (C=O) groups is 2. The fourth-order valence-electron chi connectivity index (χ4n) is 2.19. The van der Waals surface area contributed by atoms with Crippen molar-refractivity contribution in [3.8, 4) is 0 Å². The molecule has 4 heteroatoms. The molecule has 2 aromatic carbocycles. The van der Waals surface area contributed by atoms with Crippen LogP contribution in [-0.2, 0) is 9.53 Å². The van der Waals surface area contributed by atoms with E-state index in [0.29, 0.717) is 11.1 Å². The zero-order valence-electron chi connectivity index (χ0n) is 13.9. The number of carbonyl (C=O) groups excluding carboxylic acids is 2. The number of amides is 1. The fourth-order valence-corrected chi connectivity index (χ4v) is 2.19. The lowest BCUT2D eigenvalue weighted by Gasteiger charge is -2.19. The highest BCUT2D eigenvalue weighted by atomic mass is 16.5. The van der Waals surface area contributed by atoms with Crippen LogP contribution in [-0.4, -0.2) is 17.9 Å². The summed E-state index contributed by atoms with van der Waals surface area (Å²) in [6.45, 7) is 7.39. The van der Waals surface area contributed by atoms with Crippen LogP contribution in [0.3, 0.4) is 0 Å². The van der Waals surface area contributed by atoms with Crippen molar-refractivity contribution in [2.45, 2.75) is 26.0 Å². The van der Waals surface area contributed by atoms with Crippen LogP contribution in [0.5, 0.6) is 0 Å². The number of esters is 1. The van der Waals surface area contributed by atoms with Crippen LogP contribution in [0, 0.1) is 0 Å². The first-order valence-corrected chi connectivity index (χ1v) is 7.80. The second kappa shape index (κ2) is 8.11. The molecule has 2 rings (SSSR count). The summed E-state index contributed by atoms with van der Waals surface area (Å²) in [7, 11) is 0. The standard InChI is InChI=1S/C20H21NO3/c1-4-15-10-12-17(13-11-15)20(23)24-18(19(22)21-14(2)3)16-8-6-5-7-9-16/h4-14,18H,1H2,2-3H3,(H,21,22). The molecule has 0 heterocycles. The van der Waals surface area contributed by atoms with Gasteiger partial charge < -0.3 is 10.1 Å². The van der Waals surface area contributed by atoms with E-state index in [2.05, 4.69) is 11.9 Å². The van der Waals surface area contributed by atoms with Crippen molar-refractivity contribution in [2.24, 2.45) is 0 Å². The van der Waals surface area contributed by atoms with Gasteiger partial charge in [0.1, 0.15) is 0 Å². The van der Waals surface area contributed by atoms with E-state index < -0.39 is 12.1 Å². The first kappa shape index (κ1) is 17.5. The van der Waals surface area contributed by atoms with Crippen molar-refractivity contribution in [3.05, 3.63) is 77.9 Å². The molecule has 0 aliphatic rings. The smallest absolute Gasteiger partial charge is 0.339 e. The number of nitrogens with one attached hydrogen (secondary N) is 1. The minimum atomic E-state index is -0.986. The molecule has 124 valence electrons. The molecular weight excluding hydrogens is 302 g/mol. The second-order valence-electron chi connectivity index (χ2n) is 5.69. The SMILES string of the molecule is C=Cc1ccc(C(=O)OC(C(=O)NC(C)C)c2ccccc2)cc1. The molecule has 0 saturated heterocycles. The van der Waals surface area contributed by atoms with Gasteiger partial charge in [-0.25, -0.2) is 4.79 Å². The average Bonchev–Trinajstić information content (AvgIpc) is 2.59. The quantitative estimate of drug-likeness (QED) is 0.824. The Labute approximate surface area is 142 Å². The Balaban J connectivity index is 2.22. The lowest BCUT2D eigenvalue weighted by Crippen LogP contribution is -2.36. The van der Waals surface area contributed by atoms with E-state index in [9.17, 15) is 9.59 Å². The molecule has 1 amide bonds. The highest BCUT2D eigenvalue weighted by Crippen LogP contribution is 2.20. The zero-order valence-corrected chi connectivity index (χ0v) is 13.9. The number of hydrogen-bond donors (Lipinski definition) is 1. The highest BCUT2D eigenvalue weighted by Gasteiger charge is 2.25. The average molecular weight is 323 g/mol. The van der Waals surface area contributed by atoms with Gasteiger partial charge in [0, 0.05) is 11.6 Å². The number of benzene rings is 2. The molecule has 0 aliphatic carbocycles. The Hall–Kier alpha value is -2.88. The van der Waals surface area contributed by atoms with E-state index in [-0.39, 0.29) is 11.9 Å². The Bertz CT molecular complexity index is 705. The number of ether oxygens (including phenoxy) is 1. The first-order valence-electron chi connectivity index (χ1n) is 7.80. The zero-order chi connectivity index (χ0) is 17.5. The fraction of sp³-hybridized carbons (Fsp3) is 0.200. The summed E-state index contributed by atoms with van der Waals surface area (Å²) in [5.74, 6) is -0.884. The molecule has 4 nitrogen and oxygen atoms in total. The summed E-state index contributed by atoms with van der Waals surface area (Å²) in [5, 5.41) is 2.79. The highest BCUT2D eigenvalue weighted by molar-refractivity contribution is 5.93. The Morgan fingerprint density at radius 1 is 1.04 bits per heavy atom. The Kier molecular flexibility index (Phi) is 5.90. The van der Waals surface area contributed by atoms with Gasteiger partial charge >= 0.3 is 5.97 Å². The molecule has 24 heavy (non-hydrogen) atoms. The van der Waals surface area contributed by atoms with Gasteiger partial charge in [-0.3, -0.25) is 4.79 Å². The largest absolute Gasteiger partial charge is 0.444 e. The third-order valence-corrected chi connectivity index (χ3v) is 3.38. The van der Waals surface area contributed by atoms with Crippen molar-refractivity contribution in [2.75, 3.05) is 0 Å². The lowest BCUT2D eigenvalue weighted by atomic mass is 10.1. The van der Waals surface area contributed by atoms with Gasteiger partial charge in [0.05, 0.1) is 5.56 Å². The maximum atomic E-state index is 12.4. The van der Waals surface area contributed by atoms with Crippen molar-refractivity contribution in [1.29, 1.82) is 0 Å². The van der Waals surface area contributed by atoms with Crippen LogP contribution >= 0.6 is 0 Å². The Morgan fingerprint density at radius 3 is 2.21 bits per heavy atom. The van der Waals surface area contributed by atoms with E-state index in [0.717, 1.165) is 5.56 Å². The molecule has 1 unspecified atom stereocenters. The van der Waals surface area contributed by atoms with Gasteiger partial charge in [-0.05, 0) is 31.5 Å². The molecule has 1 atom stereocenters. The summed E-state index contributed by atoms with van der Waals surface area (Å²) in [6.07, 6.45) is 0.706. The van der Waals surface area contributed by atoms with Crippen molar-refractivity contribution in [3.63, 3.8) is 0 Å². The van der Waals surface area contributed by atoms with Gasteiger partial charge in [-0.2, -0.15) is 0 Å². The second-order valence-corrected chi connectivity index (χ2v) is 5.69. The predicted octanol–water partition coefficient (Wildman–Crippen LogP) is 3.75. The predicted molar refractivity (Wildman–Crippen MR) is 94.4 cm³/mol. The molecule has 0 radical (unpaired) electrons. The number of rotatable bonds is 6.